The molecule has 0 saturated carbocycles. The summed E-state index contributed by atoms with van der Waals surface area (Å²) >= 11 is 0. The first-order chi connectivity index (χ1) is 11.6. The van der Waals surface area contributed by atoms with Gasteiger partial charge in [-0.25, -0.2) is 13.8 Å². The highest BCUT2D eigenvalue weighted by Gasteiger charge is 2.24. The predicted octanol–water partition coefficient (Wildman–Crippen LogP) is 3.22. The van der Waals surface area contributed by atoms with Crippen LogP contribution in [0.15, 0.2) is 60.9 Å². The highest BCUT2D eigenvalue weighted by molar-refractivity contribution is 5.94. The highest BCUT2D eigenvalue weighted by atomic mass is 19.1. The number of imidazole rings is 1. The lowest BCUT2D eigenvalue weighted by Crippen LogP contribution is -2.32. The van der Waals surface area contributed by atoms with E-state index < -0.39 is 23.6 Å². The lowest BCUT2D eigenvalue weighted by atomic mass is 10.0. The van der Waals surface area contributed by atoms with Crippen molar-refractivity contribution in [2.75, 3.05) is 0 Å². The Labute approximate surface area is 137 Å². The van der Waals surface area contributed by atoms with E-state index in [1.165, 1.54) is 24.3 Å². The lowest BCUT2D eigenvalue weighted by molar-refractivity contribution is 0.0936. The second-order valence-corrected chi connectivity index (χ2v) is 5.30. The Morgan fingerprint density at radius 1 is 1.08 bits per heavy atom. The number of nitrogens with zero attached hydrogens (tertiary/aromatic N) is 2. The summed E-state index contributed by atoms with van der Waals surface area (Å²) in [6.07, 6.45) is 3.25. The van der Waals surface area contributed by atoms with Crippen LogP contribution in [0.4, 0.5) is 8.78 Å². The maximum atomic E-state index is 14.2. The molecule has 0 spiro atoms. The number of aromatic nitrogens is 2. The molecule has 0 fully saturated rings. The minimum atomic E-state index is -0.835. The number of rotatable bonds is 4. The fraction of sp³-hybridized carbons (Fsp3) is 0.111. The van der Waals surface area contributed by atoms with Gasteiger partial charge in [-0.05, 0) is 18.2 Å². The molecule has 1 amide bonds. The van der Waals surface area contributed by atoms with Gasteiger partial charge in [0.15, 0.2) is 0 Å². The lowest BCUT2D eigenvalue weighted by Gasteiger charge is -2.20. The Morgan fingerprint density at radius 2 is 1.75 bits per heavy atom. The summed E-state index contributed by atoms with van der Waals surface area (Å²) in [6.45, 7) is 0. The van der Waals surface area contributed by atoms with Crippen LogP contribution in [0.25, 0.3) is 0 Å². The topological polar surface area (TPSA) is 46.9 Å². The quantitative estimate of drug-likeness (QED) is 0.800. The summed E-state index contributed by atoms with van der Waals surface area (Å²) in [4.78, 5) is 16.6. The summed E-state index contributed by atoms with van der Waals surface area (Å²) in [6, 6.07) is 10.9. The van der Waals surface area contributed by atoms with Crippen molar-refractivity contribution in [2.24, 2.45) is 7.05 Å². The van der Waals surface area contributed by atoms with E-state index in [9.17, 15) is 13.6 Å². The van der Waals surface area contributed by atoms with Crippen LogP contribution in [-0.2, 0) is 7.05 Å². The predicted molar refractivity (Wildman–Crippen MR) is 85.3 cm³/mol. The smallest absolute Gasteiger partial charge is 0.255 e. The number of amides is 1. The van der Waals surface area contributed by atoms with Gasteiger partial charge in [-0.1, -0.05) is 30.3 Å². The third kappa shape index (κ3) is 3.03. The number of hydrogen-bond donors (Lipinski definition) is 1. The van der Waals surface area contributed by atoms with E-state index in [0.717, 1.165) is 0 Å². The van der Waals surface area contributed by atoms with E-state index in [0.29, 0.717) is 5.82 Å². The monoisotopic (exact) mass is 327 g/mol. The number of halogens is 2. The third-order valence-electron chi connectivity index (χ3n) is 3.73. The summed E-state index contributed by atoms with van der Waals surface area (Å²) in [5.74, 6) is -1.30. The number of carbonyl (C=O) groups excluding carboxylic acids is 1. The molecule has 3 aromatic rings. The van der Waals surface area contributed by atoms with Crippen molar-refractivity contribution in [3.05, 3.63) is 89.5 Å². The van der Waals surface area contributed by atoms with Crippen molar-refractivity contribution in [1.29, 1.82) is 0 Å². The van der Waals surface area contributed by atoms with E-state index in [4.69, 9.17) is 0 Å². The zero-order valence-corrected chi connectivity index (χ0v) is 12.9. The molecule has 0 unspecified atom stereocenters. The van der Waals surface area contributed by atoms with Crippen LogP contribution in [0.3, 0.4) is 0 Å². The van der Waals surface area contributed by atoms with Crippen LogP contribution >= 0.6 is 0 Å². The minimum absolute atomic E-state index is 0.104. The molecule has 0 aliphatic rings. The number of aryl methyl sites for hydroxylation is 1. The standard InChI is InChI=1S/C18H15F2N3O/c1-23-11-10-21-17(23)16(12-6-2-4-8-14(12)19)22-18(24)13-7-3-5-9-15(13)20/h2-11,16H,1H3,(H,22,24)/t16-/m1/s1. The fourth-order valence-electron chi connectivity index (χ4n) is 2.50. The maximum absolute atomic E-state index is 14.2. The first kappa shape index (κ1) is 15.9. The second kappa shape index (κ2) is 6.62. The molecule has 1 heterocycles. The van der Waals surface area contributed by atoms with Crippen molar-refractivity contribution in [2.45, 2.75) is 6.04 Å². The fourth-order valence-corrected chi connectivity index (χ4v) is 2.50. The number of carbonyl (C=O) groups is 1. The van der Waals surface area contributed by atoms with Crippen molar-refractivity contribution in [3.63, 3.8) is 0 Å². The van der Waals surface area contributed by atoms with Gasteiger partial charge in [-0.2, -0.15) is 0 Å². The zero-order valence-electron chi connectivity index (χ0n) is 12.9. The maximum Gasteiger partial charge on any atom is 0.255 e. The van der Waals surface area contributed by atoms with E-state index in [1.807, 2.05) is 0 Å². The number of benzene rings is 2. The molecule has 122 valence electrons. The summed E-state index contributed by atoms with van der Waals surface area (Å²) in [5, 5.41) is 2.67. The average Bonchev–Trinajstić information content (AvgIpc) is 2.99. The van der Waals surface area contributed by atoms with Crippen LogP contribution in [0.2, 0.25) is 0 Å². The summed E-state index contributed by atoms with van der Waals surface area (Å²) in [5.41, 5.74) is 0.157. The molecule has 1 N–H and O–H groups in total. The van der Waals surface area contributed by atoms with Crippen molar-refractivity contribution >= 4 is 5.91 Å². The van der Waals surface area contributed by atoms with Gasteiger partial charge in [-0.15, -0.1) is 0 Å². The van der Waals surface area contributed by atoms with Gasteiger partial charge < -0.3 is 9.88 Å². The van der Waals surface area contributed by atoms with Crippen LogP contribution in [0.1, 0.15) is 27.8 Å². The highest BCUT2D eigenvalue weighted by Crippen LogP contribution is 2.23. The van der Waals surface area contributed by atoms with Gasteiger partial charge in [-0.3, -0.25) is 4.79 Å². The molecule has 0 radical (unpaired) electrons. The third-order valence-corrected chi connectivity index (χ3v) is 3.73. The Balaban J connectivity index is 2.00. The Kier molecular flexibility index (Phi) is 4.37. The molecule has 0 bridgehead atoms. The summed E-state index contributed by atoms with van der Waals surface area (Å²) in [7, 11) is 1.74. The molecule has 24 heavy (non-hydrogen) atoms. The van der Waals surface area contributed by atoms with E-state index in [2.05, 4.69) is 10.3 Å². The largest absolute Gasteiger partial charge is 0.338 e. The average molecular weight is 327 g/mol. The van der Waals surface area contributed by atoms with Crippen LogP contribution in [0.5, 0.6) is 0 Å². The molecule has 0 aliphatic carbocycles. The van der Waals surface area contributed by atoms with Gasteiger partial charge in [0, 0.05) is 25.0 Å². The number of hydrogen-bond acceptors (Lipinski definition) is 2. The molecule has 3 rings (SSSR count). The Bertz CT molecular complexity index is 876. The van der Waals surface area contributed by atoms with Gasteiger partial charge in [0.1, 0.15) is 23.5 Å². The first-order valence-electron chi connectivity index (χ1n) is 7.35. The van der Waals surface area contributed by atoms with Crippen LogP contribution in [0, 0.1) is 11.6 Å². The molecular weight excluding hydrogens is 312 g/mol. The molecule has 1 atom stereocenters. The van der Waals surface area contributed by atoms with Crippen LogP contribution < -0.4 is 5.32 Å². The number of nitrogens with one attached hydrogen (secondary N) is 1. The van der Waals surface area contributed by atoms with Gasteiger partial charge >= 0.3 is 0 Å². The molecular formula is C18H15F2N3O. The van der Waals surface area contributed by atoms with Crippen LogP contribution in [-0.4, -0.2) is 15.5 Å². The Hall–Kier alpha value is -3.02. The SMILES string of the molecule is Cn1ccnc1[C@H](NC(=O)c1ccccc1F)c1ccccc1F. The molecule has 2 aromatic carbocycles. The van der Waals surface area contributed by atoms with Gasteiger partial charge in [0.2, 0.25) is 0 Å². The normalized spacial score (nSPS) is 12.0. The van der Waals surface area contributed by atoms with Crippen molar-refractivity contribution in [3.8, 4) is 0 Å². The van der Waals surface area contributed by atoms with E-state index >= 15 is 0 Å². The van der Waals surface area contributed by atoms with E-state index in [1.54, 1.807) is 48.3 Å². The second-order valence-electron chi connectivity index (χ2n) is 5.30. The summed E-state index contributed by atoms with van der Waals surface area (Å²) < 4.78 is 29.8. The molecule has 0 saturated heterocycles. The Morgan fingerprint density at radius 3 is 2.38 bits per heavy atom. The zero-order chi connectivity index (χ0) is 17.1. The minimum Gasteiger partial charge on any atom is -0.338 e. The van der Waals surface area contributed by atoms with Gasteiger partial charge in [0.25, 0.3) is 5.91 Å². The van der Waals surface area contributed by atoms with E-state index in [-0.39, 0.29) is 11.1 Å². The van der Waals surface area contributed by atoms with Crippen molar-refractivity contribution < 1.29 is 13.6 Å². The molecule has 0 aliphatic heterocycles. The van der Waals surface area contributed by atoms with Gasteiger partial charge in [0.05, 0.1) is 5.56 Å². The molecule has 6 heteroatoms. The van der Waals surface area contributed by atoms with Crippen molar-refractivity contribution in [1.82, 2.24) is 14.9 Å². The molecule has 1 aromatic heterocycles. The first-order valence-corrected chi connectivity index (χ1v) is 7.35. The molecule has 4 nitrogen and oxygen atoms in total.